The van der Waals surface area contributed by atoms with Gasteiger partial charge in [-0.15, -0.1) is 11.3 Å². The molecule has 3 rings (SSSR count). The fraction of sp³-hybridized carbons (Fsp3) is 0.500. The Morgan fingerprint density at radius 3 is 3.00 bits per heavy atom. The number of nitrogens with zero attached hydrogens (tertiary/aromatic N) is 1. The number of nitrogens with one attached hydrogen (secondary N) is 1. The SMILES string of the molecule is C[C@@H]1[C@H](C)CCC[C@H]1NC(=O)COC(=O)c1ccc2ncsc2c1. The number of carbonyl (C=O) groups excluding carboxylic acids is 2. The van der Waals surface area contributed by atoms with Crippen molar-refractivity contribution in [2.24, 2.45) is 11.8 Å². The van der Waals surface area contributed by atoms with E-state index in [-0.39, 0.29) is 18.6 Å². The molecule has 6 heteroatoms. The highest BCUT2D eigenvalue weighted by molar-refractivity contribution is 7.16. The number of fused-ring (bicyclic) bond motifs is 1. The lowest BCUT2D eigenvalue weighted by Gasteiger charge is -2.34. The highest BCUT2D eigenvalue weighted by Crippen LogP contribution is 2.29. The van der Waals surface area contributed by atoms with Gasteiger partial charge in [-0.1, -0.05) is 26.7 Å². The van der Waals surface area contributed by atoms with Crippen molar-refractivity contribution in [2.45, 2.75) is 39.2 Å². The predicted molar refractivity (Wildman–Crippen MR) is 94.0 cm³/mol. The number of rotatable bonds is 4. The summed E-state index contributed by atoms with van der Waals surface area (Å²) in [7, 11) is 0. The number of thiazole rings is 1. The van der Waals surface area contributed by atoms with E-state index in [2.05, 4.69) is 24.1 Å². The molecule has 1 aromatic carbocycles. The maximum absolute atomic E-state index is 12.1. The van der Waals surface area contributed by atoms with Crippen molar-refractivity contribution in [2.75, 3.05) is 6.61 Å². The molecule has 1 heterocycles. The quantitative estimate of drug-likeness (QED) is 0.862. The molecule has 1 saturated carbocycles. The molecule has 1 aromatic heterocycles. The first-order chi connectivity index (χ1) is 11.5. The standard InChI is InChI=1S/C18H22N2O3S/c1-11-4-3-5-14(12(11)2)20-17(21)9-23-18(22)13-6-7-15-16(8-13)24-10-19-15/h6-8,10-12,14H,3-5,9H2,1-2H3,(H,20,21)/t11-,12-,14-/m1/s1. The predicted octanol–water partition coefficient (Wildman–Crippen LogP) is 3.39. The second-order valence-corrected chi connectivity index (χ2v) is 7.44. The summed E-state index contributed by atoms with van der Waals surface area (Å²) in [6.07, 6.45) is 3.33. The highest BCUT2D eigenvalue weighted by atomic mass is 32.1. The van der Waals surface area contributed by atoms with E-state index in [4.69, 9.17) is 4.74 Å². The number of aromatic nitrogens is 1. The Morgan fingerprint density at radius 2 is 2.17 bits per heavy atom. The van der Waals surface area contributed by atoms with E-state index < -0.39 is 5.97 Å². The molecule has 0 aliphatic heterocycles. The van der Waals surface area contributed by atoms with Gasteiger partial charge in [-0.25, -0.2) is 9.78 Å². The molecule has 1 aliphatic rings. The van der Waals surface area contributed by atoms with Crippen LogP contribution in [0.4, 0.5) is 0 Å². The van der Waals surface area contributed by atoms with Gasteiger partial charge in [-0.05, 0) is 36.5 Å². The Morgan fingerprint density at radius 1 is 1.33 bits per heavy atom. The minimum Gasteiger partial charge on any atom is -0.452 e. The summed E-state index contributed by atoms with van der Waals surface area (Å²) in [5.41, 5.74) is 3.04. The van der Waals surface area contributed by atoms with Crippen LogP contribution in [0.2, 0.25) is 0 Å². The van der Waals surface area contributed by atoms with Crippen LogP contribution in [0.25, 0.3) is 10.2 Å². The van der Waals surface area contributed by atoms with Crippen LogP contribution in [-0.2, 0) is 9.53 Å². The van der Waals surface area contributed by atoms with E-state index in [1.54, 1.807) is 23.7 Å². The molecule has 5 nitrogen and oxygen atoms in total. The van der Waals surface area contributed by atoms with E-state index >= 15 is 0 Å². The molecule has 0 saturated heterocycles. The molecule has 0 radical (unpaired) electrons. The molecule has 1 aliphatic carbocycles. The number of amides is 1. The summed E-state index contributed by atoms with van der Waals surface area (Å²) in [6, 6.07) is 5.38. The van der Waals surface area contributed by atoms with Gasteiger partial charge in [0.25, 0.3) is 5.91 Å². The molecule has 0 unspecified atom stereocenters. The summed E-state index contributed by atoms with van der Waals surface area (Å²) < 4.78 is 6.08. The van der Waals surface area contributed by atoms with Crippen LogP contribution >= 0.6 is 11.3 Å². The third-order valence-electron chi connectivity index (χ3n) is 4.95. The van der Waals surface area contributed by atoms with E-state index in [1.165, 1.54) is 17.8 Å². The first kappa shape index (κ1) is 16.9. The molecule has 1 fully saturated rings. The second kappa shape index (κ2) is 7.30. The van der Waals surface area contributed by atoms with Gasteiger partial charge in [0.2, 0.25) is 0 Å². The largest absolute Gasteiger partial charge is 0.452 e. The number of benzene rings is 1. The third-order valence-corrected chi connectivity index (χ3v) is 5.75. The molecule has 3 atom stereocenters. The average Bonchev–Trinajstić information content (AvgIpc) is 3.04. The summed E-state index contributed by atoms with van der Waals surface area (Å²) in [4.78, 5) is 28.4. The lowest BCUT2D eigenvalue weighted by molar-refractivity contribution is -0.125. The Labute approximate surface area is 145 Å². The van der Waals surface area contributed by atoms with Crippen molar-refractivity contribution in [1.29, 1.82) is 0 Å². The van der Waals surface area contributed by atoms with E-state index in [0.29, 0.717) is 17.4 Å². The smallest absolute Gasteiger partial charge is 0.338 e. The first-order valence-corrected chi connectivity index (χ1v) is 9.22. The molecule has 1 N–H and O–H groups in total. The molecule has 24 heavy (non-hydrogen) atoms. The Bertz CT molecular complexity index is 743. The Hall–Kier alpha value is -1.95. The zero-order valence-electron chi connectivity index (χ0n) is 14.0. The van der Waals surface area contributed by atoms with Gasteiger partial charge < -0.3 is 10.1 Å². The maximum Gasteiger partial charge on any atom is 0.338 e. The van der Waals surface area contributed by atoms with Crippen molar-refractivity contribution >= 4 is 33.4 Å². The molecule has 2 aromatic rings. The van der Waals surface area contributed by atoms with Crippen molar-refractivity contribution < 1.29 is 14.3 Å². The Balaban J connectivity index is 1.52. The highest BCUT2D eigenvalue weighted by Gasteiger charge is 2.28. The lowest BCUT2D eigenvalue weighted by Crippen LogP contribution is -2.45. The van der Waals surface area contributed by atoms with Gasteiger partial charge in [-0.3, -0.25) is 4.79 Å². The topological polar surface area (TPSA) is 68.3 Å². The lowest BCUT2D eigenvalue weighted by atomic mass is 9.78. The molecular formula is C18H22N2O3S. The maximum atomic E-state index is 12.1. The van der Waals surface area contributed by atoms with Crippen molar-refractivity contribution in [1.82, 2.24) is 10.3 Å². The van der Waals surface area contributed by atoms with Crippen molar-refractivity contribution in [3.63, 3.8) is 0 Å². The van der Waals surface area contributed by atoms with E-state index in [1.807, 2.05) is 0 Å². The molecular weight excluding hydrogens is 324 g/mol. The number of ether oxygens (including phenoxy) is 1. The molecule has 128 valence electrons. The molecule has 1 amide bonds. The van der Waals surface area contributed by atoms with Gasteiger partial charge in [0, 0.05) is 6.04 Å². The monoisotopic (exact) mass is 346 g/mol. The van der Waals surface area contributed by atoms with Crippen LogP contribution in [0, 0.1) is 11.8 Å². The fourth-order valence-corrected chi connectivity index (χ4v) is 3.95. The van der Waals surface area contributed by atoms with Crippen LogP contribution < -0.4 is 5.32 Å². The van der Waals surface area contributed by atoms with Crippen LogP contribution in [0.3, 0.4) is 0 Å². The molecule has 0 spiro atoms. The Kier molecular flexibility index (Phi) is 5.14. The van der Waals surface area contributed by atoms with Gasteiger partial charge in [0.05, 0.1) is 21.3 Å². The minimum absolute atomic E-state index is 0.175. The van der Waals surface area contributed by atoms with Crippen LogP contribution in [0.15, 0.2) is 23.7 Å². The zero-order chi connectivity index (χ0) is 17.1. The van der Waals surface area contributed by atoms with Crippen LogP contribution in [0.1, 0.15) is 43.5 Å². The zero-order valence-corrected chi connectivity index (χ0v) is 14.8. The van der Waals surface area contributed by atoms with Gasteiger partial charge >= 0.3 is 5.97 Å². The van der Waals surface area contributed by atoms with E-state index in [9.17, 15) is 9.59 Å². The third kappa shape index (κ3) is 3.75. The van der Waals surface area contributed by atoms with Crippen LogP contribution in [0.5, 0.6) is 0 Å². The number of carbonyl (C=O) groups is 2. The number of esters is 1. The van der Waals surface area contributed by atoms with Crippen LogP contribution in [-0.4, -0.2) is 29.5 Å². The summed E-state index contributed by atoms with van der Waals surface area (Å²) in [6.45, 7) is 4.15. The number of hydrogen-bond acceptors (Lipinski definition) is 5. The number of hydrogen-bond donors (Lipinski definition) is 1. The van der Waals surface area contributed by atoms with Crippen molar-refractivity contribution in [3.8, 4) is 0 Å². The van der Waals surface area contributed by atoms with Gasteiger partial charge in [-0.2, -0.15) is 0 Å². The summed E-state index contributed by atoms with van der Waals surface area (Å²) >= 11 is 1.47. The molecule has 0 bridgehead atoms. The first-order valence-electron chi connectivity index (χ1n) is 8.34. The van der Waals surface area contributed by atoms with Crippen molar-refractivity contribution in [3.05, 3.63) is 29.3 Å². The van der Waals surface area contributed by atoms with Gasteiger partial charge in [0.1, 0.15) is 0 Å². The van der Waals surface area contributed by atoms with Gasteiger partial charge in [0.15, 0.2) is 6.61 Å². The average molecular weight is 346 g/mol. The summed E-state index contributed by atoms with van der Waals surface area (Å²) in [5, 5.41) is 3.01. The fourth-order valence-electron chi connectivity index (χ4n) is 3.23. The second-order valence-electron chi connectivity index (χ2n) is 6.55. The summed E-state index contributed by atoms with van der Waals surface area (Å²) in [5.74, 6) is 0.351. The van der Waals surface area contributed by atoms with E-state index in [0.717, 1.165) is 23.1 Å². The minimum atomic E-state index is -0.481. The normalized spacial score (nSPS) is 23.8.